The second-order valence-corrected chi connectivity index (χ2v) is 6.16. The van der Waals surface area contributed by atoms with E-state index in [1.54, 1.807) is 19.2 Å². The lowest BCUT2D eigenvalue weighted by Crippen LogP contribution is -2.47. The van der Waals surface area contributed by atoms with E-state index >= 15 is 0 Å². The molecule has 0 aliphatic carbocycles. The average Bonchev–Trinajstić information content (AvgIpc) is 3.06. The van der Waals surface area contributed by atoms with Gasteiger partial charge in [0.05, 0.1) is 6.54 Å². The molecule has 6 nitrogen and oxygen atoms in total. The largest absolute Gasteiger partial charge is 0.489 e. The number of amides is 1. The fourth-order valence-corrected chi connectivity index (χ4v) is 2.77. The van der Waals surface area contributed by atoms with Gasteiger partial charge in [-0.05, 0) is 25.5 Å². The van der Waals surface area contributed by atoms with Crippen molar-refractivity contribution < 1.29 is 13.9 Å². The number of hydrogen-bond acceptors (Lipinski definition) is 3. The van der Waals surface area contributed by atoms with E-state index in [0.29, 0.717) is 31.2 Å². The van der Waals surface area contributed by atoms with Gasteiger partial charge < -0.3 is 20.3 Å². The zero-order valence-corrected chi connectivity index (χ0v) is 17.8. The molecule has 2 unspecified atom stereocenters. The summed E-state index contributed by atoms with van der Waals surface area (Å²) in [5.41, 5.74) is 0. The van der Waals surface area contributed by atoms with Crippen LogP contribution in [0.2, 0.25) is 0 Å². The van der Waals surface area contributed by atoms with Gasteiger partial charge in [-0.3, -0.25) is 9.79 Å². The van der Waals surface area contributed by atoms with Gasteiger partial charge in [-0.15, -0.1) is 24.0 Å². The fourth-order valence-electron chi connectivity index (χ4n) is 2.77. The molecule has 1 saturated heterocycles. The normalized spacial score (nSPS) is 18.1. The summed E-state index contributed by atoms with van der Waals surface area (Å²) in [7, 11) is 1.71. The van der Waals surface area contributed by atoms with Crippen LogP contribution in [0.25, 0.3) is 0 Å². The van der Waals surface area contributed by atoms with Crippen molar-refractivity contribution in [2.45, 2.75) is 38.8 Å². The van der Waals surface area contributed by atoms with Crippen LogP contribution in [0, 0.1) is 5.82 Å². The molecule has 0 spiro atoms. The number of carbonyl (C=O) groups excluding carboxylic acids is 1. The third-order valence-corrected chi connectivity index (χ3v) is 4.10. The number of rotatable bonds is 6. The second-order valence-electron chi connectivity index (χ2n) is 6.16. The van der Waals surface area contributed by atoms with Crippen molar-refractivity contribution in [2.24, 2.45) is 4.99 Å². The minimum atomic E-state index is -0.317. The topological polar surface area (TPSA) is 66.0 Å². The Balaban J connectivity index is 0.00000338. The monoisotopic (exact) mass is 478 g/mol. The van der Waals surface area contributed by atoms with Crippen LogP contribution >= 0.6 is 24.0 Å². The van der Waals surface area contributed by atoms with Gasteiger partial charge in [-0.2, -0.15) is 0 Å². The number of likely N-dealkylation sites (tertiary alicyclic amines) is 1. The Morgan fingerprint density at radius 1 is 1.50 bits per heavy atom. The second kappa shape index (κ2) is 11.2. The Morgan fingerprint density at radius 2 is 2.27 bits per heavy atom. The molecule has 26 heavy (non-hydrogen) atoms. The van der Waals surface area contributed by atoms with E-state index in [9.17, 15) is 9.18 Å². The summed E-state index contributed by atoms with van der Waals surface area (Å²) in [6.07, 6.45) is 1.29. The molecule has 0 aromatic heterocycles. The molecule has 1 heterocycles. The number of hydrogen-bond donors (Lipinski definition) is 2. The maximum atomic E-state index is 13.2. The van der Waals surface area contributed by atoms with E-state index in [0.717, 1.165) is 13.0 Å². The summed E-state index contributed by atoms with van der Waals surface area (Å²) in [6.45, 7) is 5.79. The highest BCUT2D eigenvalue weighted by Crippen LogP contribution is 2.13. The zero-order chi connectivity index (χ0) is 18.2. The molecule has 1 aromatic carbocycles. The number of benzene rings is 1. The highest BCUT2D eigenvalue weighted by atomic mass is 127. The molecular weight excluding hydrogens is 450 g/mol. The first kappa shape index (κ1) is 22.5. The number of ether oxygens (including phenoxy) is 1. The van der Waals surface area contributed by atoms with Crippen LogP contribution in [-0.4, -0.2) is 55.6 Å². The molecule has 1 fully saturated rings. The van der Waals surface area contributed by atoms with Crippen LogP contribution < -0.4 is 15.4 Å². The summed E-state index contributed by atoms with van der Waals surface area (Å²) in [5.74, 6) is 1.04. The van der Waals surface area contributed by atoms with Crippen LogP contribution in [0.3, 0.4) is 0 Å². The standard InChI is InChI=1S/C18H27FN4O2.HI/c1-4-17(24)23-9-8-15(12-23)22-18(20-3)21-11-13(2)25-16-7-5-6-14(19)10-16;/h5-7,10,13,15H,4,8-9,11-12H2,1-3H3,(H2,20,21,22);1H. The molecule has 1 aliphatic heterocycles. The van der Waals surface area contributed by atoms with E-state index in [2.05, 4.69) is 15.6 Å². The smallest absolute Gasteiger partial charge is 0.222 e. The maximum Gasteiger partial charge on any atom is 0.222 e. The first-order chi connectivity index (χ1) is 12.0. The van der Waals surface area contributed by atoms with E-state index in [-0.39, 0.29) is 47.8 Å². The van der Waals surface area contributed by atoms with Gasteiger partial charge in [0.2, 0.25) is 5.91 Å². The van der Waals surface area contributed by atoms with Gasteiger partial charge in [0.15, 0.2) is 5.96 Å². The predicted octanol–water partition coefficient (Wildman–Crippen LogP) is 2.39. The van der Waals surface area contributed by atoms with Gasteiger partial charge in [-0.1, -0.05) is 13.0 Å². The lowest BCUT2D eigenvalue weighted by atomic mass is 10.3. The van der Waals surface area contributed by atoms with Crippen molar-refractivity contribution in [3.05, 3.63) is 30.1 Å². The van der Waals surface area contributed by atoms with Crippen LogP contribution in [0.5, 0.6) is 5.75 Å². The Morgan fingerprint density at radius 3 is 2.92 bits per heavy atom. The summed E-state index contributed by atoms with van der Waals surface area (Å²) < 4.78 is 18.9. The fraction of sp³-hybridized carbons (Fsp3) is 0.556. The highest BCUT2D eigenvalue weighted by molar-refractivity contribution is 14.0. The molecule has 0 radical (unpaired) electrons. The molecule has 2 rings (SSSR count). The Labute approximate surface area is 171 Å². The lowest BCUT2D eigenvalue weighted by molar-refractivity contribution is -0.129. The molecule has 0 bridgehead atoms. The van der Waals surface area contributed by atoms with E-state index < -0.39 is 0 Å². The molecule has 146 valence electrons. The van der Waals surface area contributed by atoms with Crippen molar-refractivity contribution >= 4 is 35.8 Å². The van der Waals surface area contributed by atoms with Crippen molar-refractivity contribution in [3.63, 3.8) is 0 Å². The third kappa shape index (κ3) is 6.97. The van der Waals surface area contributed by atoms with Gasteiger partial charge in [0.25, 0.3) is 0 Å². The molecular formula is C18H28FIN4O2. The first-order valence-corrected chi connectivity index (χ1v) is 8.69. The van der Waals surface area contributed by atoms with Gasteiger partial charge in [0.1, 0.15) is 17.7 Å². The number of aliphatic imine (C=N–C) groups is 1. The first-order valence-electron chi connectivity index (χ1n) is 8.69. The summed E-state index contributed by atoms with van der Waals surface area (Å²) in [6, 6.07) is 6.29. The Hall–Kier alpha value is -1.58. The van der Waals surface area contributed by atoms with Crippen LogP contribution in [0.15, 0.2) is 29.3 Å². The quantitative estimate of drug-likeness (QED) is 0.375. The minimum absolute atomic E-state index is 0. The number of nitrogens with one attached hydrogen (secondary N) is 2. The number of carbonyl (C=O) groups is 1. The predicted molar refractivity (Wildman–Crippen MR) is 112 cm³/mol. The van der Waals surface area contributed by atoms with Crippen molar-refractivity contribution in [2.75, 3.05) is 26.7 Å². The maximum absolute atomic E-state index is 13.2. The van der Waals surface area contributed by atoms with Gasteiger partial charge in [-0.25, -0.2) is 4.39 Å². The van der Waals surface area contributed by atoms with E-state index in [1.807, 2.05) is 18.7 Å². The SMILES string of the molecule is CCC(=O)N1CCC(NC(=NC)NCC(C)Oc2cccc(F)c2)C1.I. The Bertz CT molecular complexity index is 615. The summed E-state index contributed by atoms with van der Waals surface area (Å²) in [5, 5.41) is 6.54. The van der Waals surface area contributed by atoms with Gasteiger partial charge in [0, 0.05) is 38.7 Å². The molecule has 1 amide bonds. The molecule has 2 atom stereocenters. The van der Waals surface area contributed by atoms with Crippen LogP contribution in [0.1, 0.15) is 26.7 Å². The number of guanidine groups is 1. The molecule has 1 aromatic rings. The number of halogens is 2. The molecule has 2 N–H and O–H groups in total. The highest BCUT2D eigenvalue weighted by Gasteiger charge is 2.25. The van der Waals surface area contributed by atoms with Crippen molar-refractivity contribution in [3.8, 4) is 5.75 Å². The van der Waals surface area contributed by atoms with Crippen molar-refractivity contribution in [1.82, 2.24) is 15.5 Å². The van der Waals surface area contributed by atoms with E-state index in [1.165, 1.54) is 12.1 Å². The van der Waals surface area contributed by atoms with Crippen molar-refractivity contribution in [1.29, 1.82) is 0 Å². The molecule has 8 heteroatoms. The molecule has 1 aliphatic rings. The third-order valence-electron chi connectivity index (χ3n) is 4.10. The summed E-state index contributed by atoms with van der Waals surface area (Å²) in [4.78, 5) is 17.8. The van der Waals surface area contributed by atoms with Crippen LogP contribution in [-0.2, 0) is 4.79 Å². The Kier molecular flexibility index (Phi) is 9.68. The minimum Gasteiger partial charge on any atom is -0.489 e. The van der Waals surface area contributed by atoms with Crippen LogP contribution in [0.4, 0.5) is 4.39 Å². The summed E-state index contributed by atoms with van der Waals surface area (Å²) >= 11 is 0. The number of nitrogens with zero attached hydrogens (tertiary/aromatic N) is 2. The van der Waals surface area contributed by atoms with Gasteiger partial charge >= 0.3 is 0 Å². The average molecular weight is 478 g/mol. The zero-order valence-electron chi connectivity index (χ0n) is 15.5. The lowest BCUT2D eigenvalue weighted by Gasteiger charge is -2.21. The molecule has 0 saturated carbocycles. The van der Waals surface area contributed by atoms with E-state index in [4.69, 9.17) is 4.74 Å².